The van der Waals surface area contributed by atoms with Crippen LogP contribution >= 0.6 is 23.2 Å². The van der Waals surface area contributed by atoms with E-state index in [-0.39, 0.29) is 41.8 Å². The van der Waals surface area contributed by atoms with E-state index in [1.54, 1.807) is 31.9 Å². The van der Waals surface area contributed by atoms with Crippen LogP contribution in [0.4, 0.5) is 14.0 Å². The van der Waals surface area contributed by atoms with E-state index >= 15 is 0 Å². The highest BCUT2D eigenvalue weighted by atomic mass is 35.5. The molecule has 47 heavy (non-hydrogen) atoms. The van der Waals surface area contributed by atoms with Gasteiger partial charge in [0.25, 0.3) is 0 Å². The summed E-state index contributed by atoms with van der Waals surface area (Å²) in [7, 11) is 0. The summed E-state index contributed by atoms with van der Waals surface area (Å²) in [5.41, 5.74) is 0.504. The van der Waals surface area contributed by atoms with Gasteiger partial charge in [-0.25, -0.2) is 23.9 Å². The van der Waals surface area contributed by atoms with Crippen LogP contribution in [0.2, 0.25) is 10.3 Å². The number of ether oxygens (including phenoxy) is 4. The van der Waals surface area contributed by atoms with E-state index in [0.717, 1.165) is 11.1 Å². The molecular weight excluding hydrogens is 658 g/mol. The minimum absolute atomic E-state index is 0.0912. The number of hydrogen-bond donors (Lipinski definition) is 2. The van der Waals surface area contributed by atoms with E-state index in [1.807, 2.05) is 26.8 Å². The number of aromatic nitrogens is 4. The number of fused-ring (bicyclic) bond motifs is 1. The predicted molar refractivity (Wildman–Crippen MR) is 173 cm³/mol. The van der Waals surface area contributed by atoms with Gasteiger partial charge in [0.2, 0.25) is 0 Å². The molecule has 2 aliphatic rings. The third-order valence-corrected chi connectivity index (χ3v) is 7.32. The van der Waals surface area contributed by atoms with Gasteiger partial charge in [0.15, 0.2) is 16.1 Å². The Labute approximate surface area is 281 Å². The number of amides is 2. The third-order valence-electron chi connectivity index (χ3n) is 6.78. The number of hydrogen-bond acceptors (Lipinski definition) is 11. The van der Waals surface area contributed by atoms with Gasteiger partial charge in [0.1, 0.15) is 34.6 Å². The molecule has 14 nitrogen and oxygen atoms in total. The van der Waals surface area contributed by atoms with Crippen molar-refractivity contribution in [3.8, 4) is 0 Å². The number of morpholine rings is 2. The normalized spacial score (nSPS) is 19.2. The lowest BCUT2D eigenvalue weighted by molar-refractivity contribution is -0.0442. The first kappa shape index (κ1) is 36.1. The Morgan fingerprint density at radius 1 is 0.957 bits per heavy atom. The zero-order valence-electron chi connectivity index (χ0n) is 27.1. The Morgan fingerprint density at radius 3 is 2.15 bits per heavy atom. The monoisotopic (exact) mass is 696 g/mol. The standard InChI is InChI=1S/C15H20ClFN4O3.C15H19ClN4O3/c1-15(2,3)24-14(22)21-6-7-23-10(8-21)12(20-18)9-4-5-19-13(16)11(9)17;1-15(2,3)23-14(21)20-6-7-22-10(8-20)11-9-4-5-17-13(16)12(9)19-18-11/h4-5,10H,6-8,18H2,1-3H3;4-5,10H,6-8H2,1-3H3,(H,18,19)/b20-12-;/t2*10-/m01/s1. The van der Waals surface area contributed by atoms with Crippen LogP contribution in [0.15, 0.2) is 29.6 Å². The smallest absolute Gasteiger partial charge is 0.410 e. The van der Waals surface area contributed by atoms with E-state index in [0.29, 0.717) is 36.9 Å². The fourth-order valence-electron chi connectivity index (χ4n) is 4.74. The summed E-state index contributed by atoms with van der Waals surface area (Å²) in [6.45, 7) is 13.0. The van der Waals surface area contributed by atoms with Crippen molar-refractivity contribution in [3.05, 3.63) is 51.9 Å². The highest BCUT2D eigenvalue weighted by Crippen LogP contribution is 2.30. The van der Waals surface area contributed by atoms with Crippen LogP contribution in [0.1, 0.15) is 58.9 Å². The van der Waals surface area contributed by atoms with Crippen molar-refractivity contribution in [1.82, 2.24) is 30.0 Å². The van der Waals surface area contributed by atoms with Gasteiger partial charge in [-0.3, -0.25) is 5.10 Å². The molecule has 5 heterocycles. The molecule has 5 rings (SSSR count). The molecule has 0 bridgehead atoms. The molecule has 0 radical (unpaired) electrons. The number of pyridine rings is 2. The summed E-state index contributed by atoms with van der Waals surface area (Å²) in [5.74, 6) is 4.69. The van der Waals surface area contributed by atoms with Gasteiger partial charge in [-0.15, -0.1) is 0 Å². The maximum atomic E-state index is 14.2. The second-order valence-corrected chi connectivity index (χ2v) is 13.4. The molecule has 2 fully saturated rings. The number of carbonyl (C=O) groups excluding carboxylic acids is 2. The van der Waals surface area contributed by atoms with Crippen molar-refractivity contribution in [2.75, 3.05) is 39.4 Å². The molecular formula is C30H39Cl2FN8O6. The third kappa shape index (κ3) is 9.40. The molecule has 0 aromatic carbocycles. The Bertz CT molecular complexity index is 1610. The van der Waals surface area contributed by atoms with E-state index in [1.165, 1.54) is 17.2 Å². The summed E-state index contributed by atoms with van der Waals surface area (Å²) in [4.78, 5) is 35.2. The van der Waals surface area contributed by atoms with Crippen LogP contribution in [0.25, 0.3) is 10.9 Å². The fourth-order valence-corrected chi connectivity index (χ4v) is 5.10. The molecule has 3 N–H and O–H groups in total. The van der Waals surface area contributed by atoms with E-state index < -0.39 is 29.2 Å². The van der Waals surface area contributed by atoms with Crippen molar-refractivity contribution in [3.63, 3.8) is 0 Å². The van der Waals surface area contributed by atoms with Crippen LogP contribution in [0, 0.1) is 5.82 Å². The van der Waals surface area contributed by atoms with Gasteiger partial charge in [-0.05, 0) is 53.7 Å². The lowest BCUT2D eigenvalue weighted by atomic mass is 10.0. The highest BCUT2D eigenvalue weighted by Gasteiger charge is 2.33. The fraction of sp³-hybridized carbons (Fsp3) is 0.533. The van der Waals surface area contributed by atoms with Crippen molar-refractivity contribution in [1.29, 1.82) is 0 Å². The number of nitrogens with zero attached hydrogens (tertiary/aromatic N) is 6. The van der Waals surface area contributed by atoms with Gasteiger partial charge in [0.05, 0.1) is 32.0 Å². The second-order valence-electron chi connectivity index (χ2n) is 12.7. The SMILES string of the molecule is CC(C)(C)OC(=O)N1CCO[C@@H](c2[nH]nc3c(Cl)nccc23)C1.CC(C)(C)OC(=O)N1CCO[C@H](/C(=N\N)c2ccnc(Cl)c2F)C1. The summed E-state index contributed by atoms with van der Waals surface area (Å²) in [5, 5.41) is 11.7. The quantitative estimate of drug-likeness (QED) is 0.163. The van der Waals surface area contributed by atoms with Gasteiger partial charge in [-0.1, -0.05) is 23.2 Å². The summed E-state index contributed by atoms with van der Waals surface area (Å²) < 4.78 is 36.3. The average molecular weight is 698 g/mol. The Hall–Kier alpha value is -3.79. The summed E-state index contributed by atoms with van der Waals surface area (Å²) in [6, 6.07) is 3.23. The van der Waals surface area contributed by atoms with Crippen LogP contribution in [0.3, 0.4) is 0 Å². The number of rotatable bonds is 3. The molecule has 256 valence electrons. The minimum atomic E-state index is -0.735. The van der Waals surface area contributed by atoms with Gasteiger partial charge in [-0.2, -0.15) is 10.2 Å². The number of aromatic amines is 1. The van der Waals surface area contributed by atoms with E-state index in [4.69, 9.17) is 48.0 Å². The maximum absolute atomic E-state index is 14.2. The first-order chi connectivity index (χ1) is 22.1. The molecule has 0 spiro atoms. The zero-order chi connectivity index (χ0) is 34.5. The number of H-pyrrole nitrogens is 1. The first-order valence-corrected chi connectivity index (χ1v) is 15.6. The topological polar surface area (TPSA) is 170 Å². The Morgan fingerprint density at radius 2 is 1.53 bits per heavy atom. The lowest BCUT2D eigenvalue weighted by Crippen LogP contribution is -2.50. The number of carbonyl (C=O) groups is 2. The minimum Gasteiger partial charge on any atom is -0.444 e. The summed E-state index contributed by atoms with van der Waals surface area (Å²) in [6.07, 6.45) is 1.16. The molecule has 2 aliphatic heterocycles. The number of halogens is 3. The van der Waals surface area contributed by atoms with Crippen molar-refractivity contribution < 1.29 is 32.9 Å². The first-order valence-electron chi connectivity index (χ1n) is 14.8. The molecule has 2 saturated heterocycles. The predicted octanol–water partition coefficient (Wildman–Crippen LogP) is 5.09. The molecule has 3 aromatic rings. The van der Waals surface area contributed by atoms with Crippen molar-refractivity contribution in [2.45, 2.75) is 65.0 Å². The van der Waals surface area contributed by atoms with Crippen LogP contribution < -0.4 is 5.84 Å². The van der Waals surface area contributed by atoms with Gasteiger partial charge in [0, 0.05) is 36.4 Å². The number of nitrogens with one attached hydrogen (secondary N) is 1. The van der Waals surface area contributed by atoms with Gasteiger partial charge < -0.3 is 34.6 Å². The molecule has 0 unspecified atom stereocenters. The molecule has 0 aliphatic carbocycles. The maximum Gasteiger partial charge on any atom is 0.410 e. The number of nitrogens with two attached hydrogens (primary N) is 1. The van der Waals surface area contributed by atoms with Gasteiger partial charge >= 0.3 is 12.2 Å². The molecule has 3 aromatic heterocycles. The van der Waals surface area contributed by atoms with Crippen LogP contribution in [-0.2, 0) is 18.9 Å². The van der Waals surface area contributed by atoms with Crippen molar-refractivity contribution >= 4 is 52.0 Å². The largest absolute Gasteiger partial charge is 0.444 e. The molecule has 2 atom stereocenters. The Balaban J connectivity index is 0.000000213. The number of hydrazone groups is 1. The molecule has 2 amide bonds. The summed E-state index contributed by atoms with van der Waals surface area (Å²) >= 11 is 11.7. The zero-order valence-corrected chi connectivity index (χ0v) is 28.6. The average Bonchev–Trinajstić information content (AvgIpc) is 3.44. The van der Waals surface area contributed by atoms with Crippen LogP contribution in [0.5, 0.6) is 0 Å². The Kier molecular flexibility index (Phi) is 11.5. The van der Waals surface area contributed by atoms with E-state index in [9.17, 15) is 14.0 Å². The van der Waals surface area contributed by atoms with Crippen LogP contribution in [-0.4, -0.2) is 105 Å². The molecule has 17 heteroatoms. The van der Waals surface area contributed by atoms with Crippen molar-refractivity contribution in [2.24, 2.45) is 10.9 Å². The highest BCUT2D eigenvalue weighted by molar-refractivity contribution is 6.33. The second kappa shape index (κ2) is 15.0. The molecule has 0 saturated carbocycles. The van der Waals surface area contributed by atoms with E-state index in [2.05, 4.69) is 25.3 Å². The lowest BCUT2D eigenvalue weighted by Gasteiger charge is -2.34.